The highest BCUT2D eigenvalue weighted by Gasteiger charge is 2.20. The molecule has 0 aromatic heterocycles. The van der Waals surface area contributed by atoms with Crippen molar-refractivity contribution in [3.05, 3.63) is 47.8 Å². The summed E-state index contributed by atoms with van der Waals surface area (Å²) in [6.07, 6.45) is 5.12. The van der Waals surface area contributed by atoms with E-state index in [1.807, 2.05) is 12.1 Å². The van der Waals surface area contributed by atoms with Crippen molar-refractivity contribution in [1.29, 1.82) is 0 Å². The van der Waals surface area contributed by atoms with Crippen LogP contribution < -0.4 is 5.32 Å². The molecule has 0 spiro atoms. The fourth-order valence-corrected chi connectivity index (χ4v) is 1.75. The van der Waals surface area contributed by atoms with Gasteiger partial charge in [0.15, 0.2) is 0 Å². The van der Waals surface area contributed by atoms with E-state index < -0.39 is 0 Å². The highest BCUT2D eigenvalue weighted by molar-refractivity contribution is 5.24. The van der Waals surface area contributed by atoms with Crippen LogP contribution in [0.25, 0.3) is 0 Å². The Labute approximate surface area is 108 Å². The summed E-state index contributed by atoms with van der Waals surface area (Å²) in [4.78, 5) is 0. The lowest BCUT2D eigenvalue weighted by molar-refractivity contribution is 0.123. The van der Waals surface area contributed by atoms with E-state index in [-0.39, 0.29) is 5.82 Å². The minimum absolute atomic E-state index is 0.191. The molecule has 1 aliphatic rings. The van der Waals surface area contributed by atoms with E-state index in [4.69, 9.17) is 4.74 Å². The average Bonchev–Trinajstić information content (AvgIpc) is 3.19. The van der Waals surface area contributed by atoms with Crippen LogP contribution in [0.15, 0.2) is 30.9 Å². The van der Waals surface area contributed by atoms with Crippen LogP contribution in [-0.2, 0) is 17.9 Å². The summed E-state index contributed by atoms with van der Waals surface area (Å²) in [7, 11) is 0. The van der Waals surface area contributed by atoms with Gasteiger partial charge in [0.1, 0.15) is 5.82 Å². The van der Waals surface area contributed by atoms with Crippen LogP contribution in [0.5, 0.6) is 0 Å². The Morgan fingerprint density at radius 2 is 2.28 bits per heavy atom. The third kappa shape index (κ3) is 4.24. The maximum absolute atomic E-state index is 13.6. The highest BCUT2D eigenvalue weighted by atomic mass is 19.1. The minimum Gasteiger partial charge on any atom is -0.376 e. The highest BCUT2D eigenvalue weighted by Crippen LogP contribution is 2.20. The zero-order valence-corrected chi connectivity index (χ0v) is 10.6. The van der Waals surface area contributed by atoms with Crippen molar-refractivity contribution in [3.8, 4) is 0 Å². The predicted molar refractivity (Wildman–Crippen MR) is 70.7 cm³/mol. The molecule has 0 saturated heterocycles. The van der Waals surface area contributed by atoms with Gasteiger partial charge in [-0.2, -0.15) is 0 Å². The molecule has 1 aromatic carbocycles. The Kier molecular flexibility index (Phi) is 4.90. The quantitative estimate of drug-likeness (QED) is 0.564. The molecule has 1 N–H and O–H groups in total. The number of nitrogens with one attached hydrogen (secondary N) is 1. The van der Waals surface area contributed by atoms with Crippen molar-refractivity contribution >= 4 is 0 Å². The number of halogens is 1. The van der Waals surface area contributed by atoms with Crippen LogP contribution in [0, 0.1) is 5.82 Å². The fraction of sp³-hybridized carbons (Fsp3) is 0.467. The Hall–Kier alpha value is -1.19. The van der Waals surface area contributed by atoms with Crippen molar-refractivity contribution in [2.24, 2.45) is 0 Å². The first-order valence-corrected chi connectivity index (χ1v) is 6.49. The third-order valence-electron chi connectivity index (χ3n) is 3.01. The Bertz CT molecular complexity index is 401. The van der Waals surface area contributed by atoms with E-state index >= 15 is 0 Å². The maximum atomic E-state index is 13.6. The largest absolute Gasteiger partial charge is 0.376 e. The molecule has 1 fully saturated rings. The van der Waals surface area contributed by atoms with Gasteiger partial charge in [-0.1, -0.05) is 12.1 Å². The maximum Gasteiger partial charge on any atom is 0.128 e. The smallest absolute Gasteiger partial charge is 0.128 e. The standard InChI is InChI=1S/C15H20FNO/c1-2-3-8-18-11-13-9-12(4-7-15(13)16)10-17-14-5-6-14/h2,4,7,9,14,17H,1,3,5-6,8,10-11H2. The molecule has 0 radical (unpaired) electrons. The topological polar surface area (TPSA) is 21.3 Å². The fourth-order valence-electron chi connectivity index (χ4n) is 1.75. The third-order valence-corrected chi connectivity index (χ3v) is 3.01. The summed E-state index contributed by atoms with van der Waals surface area (Å²) in [5.41, 5.74) is 1.75. The zero-order chi connectivity index (χ0) is 12.8. The molecule has 3 heteroatoms. The second-order valence-corrected chi connectivity index (χ2v) is 4.71. The number of rotatable bonds is 8. The number of hydrogen-bond acceptors (Lipinski definition) is 2. The van der Waals surface area contributed by atoms with Gasteiger partial charge in [0.05, 0.1) is 13.2 Å². The molecule has 1 saturated carbocycles. The van der Waals surface area contributed by atoms with Gasteiger partial charge in [0, 0.05) is 18.2 Å². The van der Waals surface area contributed by atoms with Crippen LogP contribution in [0.2, 0.25) is 0 Å². The molecule has 0 heterocycles. The molecule has 0 unspecified atom stereocenters. The molecule has 2 rings (SSSR count). The van der Waals surface area contributed by atoms with Crippen molar-refractivity contribution in [2.45, 2.75) is 38.5 Å². The number of hydrogen-bond donors (Lipinski definition) is 1. The molecule has 0 aliphatic heterocycles. The van der Waals surface area contributed by atoms with Gasteiger partial charge in [0.25, 0.3) is 0 Å². The first kappa shape index (κ1) is 13.2. The molecule has 18 heavy (non-hydrogen) atoms. The van der Waals surface area contributed by atoms with Crippen molar-refractivity contribution in [3.63, 3.8) is 0 Å². The average molecular weight is 249 g/mol. The van der Waals surface area contributed by atoms with Crippen molar-refractivity contribution < 1.29 is 9.13 Å². The van der Waals surface area contributed by atoms with Gasteiger partial charge in [-0.15, -0.1) is 6.58 Å². The predicted octanol–water partition coefficient (Wildman–Crippen LogP) is 3.17. The monoisotopic (exact) mass is 249 g/mol. The second kappa shape index (κ2) is 6.66. The first-order chi connectivity index (χ1) is 8.79. The summed E-state index contributed by atoms with van der Waals surface area (Å²) >= 11 is 0. The lowest BCUT2D eigenvalue weighted by Crippen LogP contribution is -2.15. The number of benzene rings is 1. The molecule has 2 nitrogen and oxygen atoms in total. The second-order valence-electron chi connectivity index (χ2n) is 4.71. The minimum atomic E-state index is -0.191. The molecule has 0 bridgehead atoms. The summed E-state index contributed by atoms with van der Waals surface area (Å²) in [5.74, 6) is -0.191. The van der Waals surface area contributed by atoms with Crippen LogP contribution in [0.1, 0.15) is 30.4 Å². The van der Waals surface area contributed by atoms with Crippen molar-refractivity contribution in [2.75, 3.05) is 6.61 Å². The summed E-state index contributed by atoms with van der Waals surface area (Å²) in [6.45, 7) is 5.35. The lowest BCUT2D eigenvalue weighted by Gasteiger charge is -2.08. The summed E-state index contributed by atoms with van der Waals surface area (Å²) < 4.78 is 19.0. The van der Waals surface area contributed by atoms with E-state index in [0.717, 1.165) is 18.5 Å². The molecule has 1 aliphatic carbocycles. The molecular formula is C15H20FNO. The molecule has 1 aromatic rings. The van der Waals surface area contributed by atoms with E-state index in [2.05, 4.69) is 11.9 Å². The molecule has 0 amide bonds. The first-order valence-electron chi connectivity index (χ1n) is 6.49. The zero-order valence-electron chi connectivity index (χ0n) is 10.6. The van der Waals surface area contributed by atoms with E-state index in [9.17, 15) is 4.39 Å². The Balaban J connectivity index is 1.85. The van der Waals surface area contributed by atoms with Crippen LogP contribution in [0.3, 0.4) is 0 Å². The van der Waals surface area contributed by atoms with E-state index in [0.29, 0.717) is 24.8 Å². The summed E-state index contributed by atoms with van der Waals surface area (Å²) in [5, 5.41) is 3.42. The SMILES string of the molecule is C=CCCOCc1cc(CNC2CC2)ccc1F. The van der Waals surface area contributed by atoms with E-state index in [1.165, 1.54) is 18.9 Å². The molecular weight excluding hydrogens is 229 g/mol. The van der Waals surface area contributed by atoms with Crippen LogP contribution in [0.4, 0.5) is 4.39 Å². The summed E-state index contributed by atoms with van der Waals surface area (Å²) in [6, 6.07) is 5.91. The van der Waals surface area contributed by atoms with Crippen LogP contribution in [-0.4, -0.2) is 12.6 Å². The Morgan fingerprint density at radius 3 is 3.00 bits per heavy atom. The van der Waals surface area contributed by atoms with E-state index in [1.54, 1.807) is 6.08 Å². The van der Waals surface area contributed by atoms with Gasteiger partial charge in [-0.05, 0) is 37.0 Å². The van der Waals surface area contributed by atoms with Crippen molar-refractivity contribution in [1.82, 2.24) is 5.32 Å². The van der Waals surface area contributed by atoms with Gasteiger partial charge < -0.3 is 10.1 Å². The molecule has 98 valence electrons. The lowest BCUT2D eigenvalue weighted by atomic mass is 10.1. The van der Waals surface area contributed by atoms with Gasteiger partial charge in [-0.25, -0.2) is 4.39 Å². The Morgan fingerprint density at radius 1 is 1.44 bits per heavy atom. The normalized spacial score (nSPS) is 14.7. The molecule has 0 atom stereocenters. The number of ether oxygens (including phenoxy) is 1. The van der Waals surface area contributed by atoms with Crippen LogP contribution >= 0.6 is 0 Å². The van der Waals surface area contributed by atoms with Gasteiger partial charge in [-0.3, -0.25) is 0 Å². The van der Waals surface area contributed by atoms with Gasteiger partial charge in [0.2, 0.25) is 0 Å². The van der Waals surface area contributed by atoms with Gasteiger partial charge >= 0.3 is 0 Å².